The third-order valence-corrected chi connectivity index (χ3v) is 3.73. The molecule has 0 aliphatic rings. The van der Waals surface area contributed by atoms with E-state index in [2.05, 4.69) is 20.6 Å². The SMILES string of the molecule is Cc1nc(Nc2ccccc2C)cc(C(=O)Nc2cccc(C#N)c2)n1. The van der Waals surface area contributed by atoms with Crippen molar-refractivity contribution in [1.82, 2.24) is 9.97 Å². The molecule has 2 N–H and O–H groups in total. The molecule has 0 unspecified atom stereocenters. The van der Waals surface area contributed by atoms with Gasteiger partial charge in [0, 0.05) is 17.4 Å². The van der Waals surface area contributed by atoms with E-state index in [0.29, 0.717) is 22.9 Å². The third-order valence-electron chi connectivity index (χ3n) is 3.73. The number of aryl methyl sites for hydroxylation is 2. The zero-order chi connectivity index (χ0) is 18.5. The number of nitrogens with one attached hydrogen (secondary N) is 2. The second-order valence-corrected chi connectivity index (χ2v) is 5.77. The van der Waals surface area contributed by atoms with Crippen molar-refractivity contribution in [2.75, 3.05) is 10.6 Å². The van der Waals surface area contributed by atoms with E-state index >= 15 is 0 Å². The molecule has 0 saturated carbocycles. The zero-order valence-electron chi connectivity index (χ0n) is 14.4. The largest absolute Gasteiger partial charge is 0.340 e. The Hall–Kier alpha value is -3.72. The number of anilines is 3. The number of carbonyl (C=O) groups excluding carboxylic acids is 1. The first kappa shape index (κ1) is 17.1. The van der Waals surface area contributed by atoms with Gasteiger partial charge < -0.3 is 10.6 Å². The van der Waals surface area contributed by atoms with Gasteiger partial charge in [-0.15, -0.1) is 0 Å². The normalized spacial score (nSPS) is 10.0. The third kappa shape index (κ3) is 4.02. The molecule has 0 aliphatic heterocycles. The van der Waals surface area contributed by atoms with Gasteiger partial charge in [-0.1, -0.05) is 24.3 Å². The Bertz CT molecular complexity index is 1010. The molecule has 0 aliphatic carbocycles. The number of aromatic nitrogens is 2. The van der Waals surface area contributed by atoms with Crippen LogP contribution in [-0.4, -0.2) is 15.9 Å². The van der Waals surface area contributed by atoms with Gasteiger partial charge in [0.05, 0.1) is 11.6 Å². The molecule has 0 fully saturated rings. The van der Waals surface area contributed by atoms with Crippen molar-refractivity contribution in [2.24, 2.45) is 0 Å². The van der Waals surface area contributed by atoms with Crippen LogP contribution in [0.1, 0.15) is 27.4 Å². The van der Waals surface area contributed by atoms with Crippen molar-refractivity contribution < 1.29 is 4.79 Å². The van der Waals surface area contributed by atoms with Crippen LogP contribution in [0.4, 0.5) is 17.2 Å². The van der Waals surface area contributed by atoms with Gasteiger partial charge in [0.1, 0.15) is 17.3 Å². The van der Waals surface area contributed by atoms with Crippen LogP contribution in [0, 0.1) is 25.2 Å². The van der Waals surface area contributed by atoms with Crippen molar-refractivity contribution in [1.29, 1.82) is 5.26 Å². The van der Waals surface area contributed by atoms with Crippen molar-refractivity contribution in [3.8, 4) is 6.07 Å². The number of carbonyl (C=O) groups is 1. The number of nitrogens with zero attached hydrogens (tertiary/aromatic N) is 3. The Morgan fingerprint density at radius 3 is 2.62 bits per heavy atom. The van der Waals surface area contributed by atoms with Gasteiger partial charge in [-0.25, -0.2) is 9.97 Å². The number of para-hydroxylation sites is 1. The zero-order valence-corrected chi connectivity index (χ0v) is 14.4. The Kier molecular flexibility index (Phi) is 4.90. The summed E-state index contributed by atoms with van der Waals surface area (Å²) in [7, 11) is 0. The van der Waals surface area contributed by atoms with E-state index in [-0.39, 0.29) is 11.6 Å². The van der Waals surface area contributed by atoms with Crippen LogP contribution in [0.25, 0.3) is 0 Å². The summed E-state index contributed by atoms with van der Waals surface area (Å²) in [5.41, 5.74) is 3.25. The minimum atomic E-state index is -0.363. The molecule has 0 bridgehead atoms. The van der Waals surface area contributed by atoms with Crippen LogP contribution >= 0.6 is 0 Å². The topological polar surface area (TPSA) is 90.7 Å². The molecule has 1 heterocycles. The van der Waals surface area contributed by atoms with Gasteiger partial charge in [-0.3, -0.25) is 4.79 Å². The maximum Gasteiger partial charge on any atom is 0.274 e. The van der Waals surface area contributed by atoms with Gasteiger partial charge >= 0.3 is 0 Å². The molecule has 0 atom stereocenters. The minimum Gasteiger partial charge on any atom is -0.340 e. The standard InChI is InChI=1S/C20H17N5O/c1-13-6-3-4-9-17(13)25-19-11-18(22-14(2)23-19)20(26)24-16-8-5-7-15(10-16)12-21/h3-11H,1-2H3,(H,24,26)(H,22,23,25). The average molecular weight is 343 g/mol. The lowest BCUT2D eigenvalue weighted by Gasteiger charge is -2.11. The second kappa shape index (κ2) is 7.45. The molecule has 1 amide bonds. The Morgan fingerprint density at radius 1 is 1.04 bits per heavy atom. The van der Waals surface area contributed by atoms with E-state index in [1.54, 1.807) is 37.3 Å². The second-order valence-electron chi connectivity index (χ2n) is 5.77. The monoisotopic (exact) mass is 343 g/mol. The predicted octanol–water partition coefficient (Wildman–Crippen LogP) is 3.96. The molecule has 1 aromatic heterocycles. The molecule has 3 aromatic rings. The summed E-state index contributed by atoms with van der Waals surface area (Å²) in [6, 6.07) is 18.2. The van der Waals surface area contributed by atoms with E-state index in [1.807, 2.05) is 37.3 Å². The van der Waals surface area contributed by atoms with Gasteiger partial charge in [-0.05, 0) is 43.7 Å². The summed E-state index contributed by atoms with van der Waals surface area (Å²) < 4.78 is 0. The van der Waals surface area contributed by atoms with E-state index in [1.165, 1.54) is 0 Å². The number of benzene rings is 2. The first-order chi connectivity index (χ1) is 12.5. The van der Waals surface area contributed by atoms with E-state index in [9.17, 15) is 4.79 Å². The van der Waals surface area contributed by atoms with Crippen molar-refractivity contribution >= 4 is 23.1 Å². The van der Waals surface area contributed by atoms with Crippen LogP contribution in [-0.2, 0) is 0 Å². The maximum absolute atomic E-state index is 12.5. The summed E-state index contributed by atoms with van der Waals surface area (Å²) in [5, 5.41) is 14.9. The fourth-order valence-corrected chi connectivity index (χ4v) is 2.46. The van der Waals surface area contributed by atoms with Gasteiger partial charge in [0.15, 0.2) is 0 Å². The predicted molar refractivity (Wildman–Crippen MR) is 100 cm³/mol. The molecule has 0 saturated heterocycles. The minimum absolute atomic E-state index is 0.246. The van der Waals surface area contributed by atoms with E-state index in [0.717, 1.165) is 11.3 Å². The molecular weight excluding hydrogens is 326 g/mol. The molecular formula is C20H17N5O. The smallest absolute Gasteiger partial charge is 0.274 e. The van der Waals surface area contributed by atoms with Gasteiger partial charge in [-0.2, -0.15) is 5.26 Å². The highest BCUT2D eigenvalue weighted by Gasteiger charge is 2.12. The number of rotatable bonds is 4. The highest BCUT2D eigenvalue weighted by Crippen LogP contribution is 2.19. The molecule has 6 nitrogen and oxygen atoms in total. The first-order valence-corrected chi connectivity index (χ1v) is 8.05. The van der Waals surface area contributed by atoms with Crippen molar-refractivity contribution in [2.45, 2.75) is 13.8 Å². The van der Waals surface area contributed by atoms with Crippen LogP contribution in [0.2, 0.25) is 0 Å². The quantitative estimate of drug-likeness (QED) is 0.748. The Labute approximate surface area is 151 Å². The lowest BCUT2D eigenvalue weighted by atomic mass is 10.2. The fraction of sp³-hybridized carbons (Fsp3) is 0.100. The highest BCUT2D eigenvalue weighted by atomic mass is 16.1. The summed E-state index contributed by atoms with van der Waals surface area (Å²) in [6.45, 7) is 3.72. The number of nitriles is 1. The summed E-state index contributed by atoms with van der Waals surface area (Å²) in [5.74, 6) is 0.667. The summed E-state index contributed by atoms with van der Waals surface area (Å²) in [4.78, 5) is 21.1. The molecule has 26 heavy (non-hydrogen) atoms. The van der Waals surface area contributed by atoms with Crippen LogP contribution < -0.4 is 10.6 Å². The Morgan fingerprint density at radius 2 is 1.85 bits per heavy atom. The Balaban J connectivity index is 1.83. The first-order valence-electron chi connectivity index (χ1n) is 8.05. The van der Waals surface area contributed by atoms with Crippen molar-refractivity contribution in [3.63, 3.8) is 0 Å². The lowest BCUT2D eigenvalue weighted by molar-refractivity contribution is 0.102. The van der Waals surface area contributed by atoms with Crippen LogP contribution in [0.3, 0.4) is 0 Å². The van der Waals surface area contributed by atoms with Crippen LogP contribution in [0.15, 0.2) is 54.6 Å². The molecule has 0 radical (unpaired) electrons. The maximum atomic E-state index is 12.5. The lowest BCUT2D eigenvalue weighted by Crippen LogP contribution is -2.15. The fourth-order valence-electron chi connectivity index (χ4n) is 2.46. The summed E-state index contributed by atoms with van der Waals surface area (Å²) in [6.07, 6.45) is 0. The molecule has 0 spiro atoms. The van der Waals surface area contributed by atoms with Gasteiger partial charge in [0.2, 0.25) is 0 Å². The number of amides is 1. The number of hydrogen-bond acceptors (Lipinski definition) is 5. The van der Waals surface area contributed by atoms with Crippen molar-refractivity contribution in [3.05, 3.63) is 77.2 Å². The molecule has 6 heteroatoms. The van der Waals surface area contributed by atoms with E-state index in [4.69, 9.17) is 5.26 Å². The molecule has 3 rings (SSSR count). The average Bonchev–Trinajstić information content (AvgIpc) is 2.63. The highest BCUT2D eigenvalue weighted by molar-refractivity contribution is 6.03. The van der Waals surface area contributed by atoms with Gasteiger partial charge in [0.25, 0.3) is 5.91 Å². The molecule has 128 valence electrons. The van der Waals surface area contributed by atoms with E-state index < -0.39 is 0 Å². The number of hydrogen-bond donors (Lipinski definition) is 2. The summed E-state index contributed by atoms with van der Waals surface area (Å²) >= 11 is 0. The molecule has 2 aromatic carbocycles. The van der Waals surface area contributed by atoms with Crippen LogP contribution in [0.5, 0.6) is 0 Å².